The second-order valence-corrected chi connectivity index (χ2v) is 7.38. The van der Waals surface area contributed by atoms with Gasteiger partial charge in [0.2, 0.25) is 15.7 Å². The molecule has 0 aliphatic carbocycles. The first-order chi connectivity index (χ1) is 12.9. The van der Waals surface area contributed by atoms with Crippen molar-refractivity contribution in [1.29, 1.82) is 0 Å². The largest absolute Gasteiger partial charge is 0.467 e. The Kier molecular flexibility index (Phi) is 5.17. The molecule has 3 rings (SSSR count). The van der Waals surface area contributed by atoms with Crippen LogP contribution in [0.15, 0.2) is 73.9 Å². The Balaban J connectivity index is 1.81. The first-order valence-electron chi connectivity index (χ1n) is 7.74. The van der Waals surface area contributed by atoms with Gasteiger partial charge in [-0.1, -0.05) is 6.07 Å². The number of hydrogen-bond donors (Lipinski definition) is 1. The highest BCUT2D eigenvalue weighted by Crippen LogP contribution is 2.18. The quantitative estimate of drug-likeness (QED) is 0.674. The van der Waals surface area contributed by atoms with E-state index in [-0.39, 0.29) is 11.4 Å². The third kappa shape index (κ3) is 4.29. The van der Waals surface area contributed by atoms with Crippen LogP contribution in [0, 0.1) is 5.82 Å². The van der Waals surface area contributed by atoms with Crippen molar-refractivity contribution in [2.45, 2.75) is 23.0 Å². The highest BCUT2D eigenvalue weighted by molar-refractivity contribution is 7.91. The third-order valence-electron chi connectivity index (χ3n) is 3.56. The third-order valence-corrected chi connectivity index (χ3v) is 5.20. The molecular weight excluding hydrogens is 377 g/mol. The van der Waals surface area contributed by atoms with Crippen molar-refractivity contribution in [3.63, 3.8) is 0 Å². The Bertz CT molecular complexity index is 1120. The van der Waals surface area contributed by atoms with E-state index in [1.54, 1.807) is 12.1 Å². The number of sulfone groups is 1. The van der Waals surface area contributed by atoms with Gasteiger partial charge in [-0.25, -0.2) is 17.5 Å². The number of benzene rings is 1. The number of hydrogen-bond acceptors (Lipinski definition) is 6. The molecule has 140 valence electrons. The summed E-state index contributed by atoms with van der Waals surface area (Å²) >= 11 is 0. The van der Waals surface area contributed by atoms with Gasteiger partial charge in [0.1, 0.15) is 18.1 Å². The van der Waals surface area contributed by atoms with Crippen molar-refractivity contribution < 1.29 is 22.0 Å². The lowest BCUT2D eigenvalue weighted by Crippen LogP contribution is -2.33. The fourth-order valence-corrected chi connectivity index (χ4v) is 3.45. The number of furan rings is 1. The van der Waals surface area contributed by atoms with E-state index >= 15 is 0 Å². The van der Waals surface area contributed by atoms with E-state index < -0.39 is 38.7 Å². The minimum Gasteiger partial charge on any atom is -0.467 e. The Morgan fingerprint density at radius 3 is 2.70 bits per heavy atom. The molecule has 0 aliphatic rings. The summed E-state index contributed by atoms with van der Waals surface area (Å²) in [6.45, 7) is -0.367. The molecule has 0 spiro atoms. The lowest BCUT2D eigenvalue weighted by Gasteiger charge is -2.08. The Hall–Kier alpha value is -3.27. The lowest BCUT2D eigenvalue weighted by atomic mass is 10.4. The molecule has 1 N–H and O–H groups in total. The van der Waals surface area contributed by atoms with Gasteiger partial charge >= 0.3 is 0 Å². The first-order valence-corrected chi connectivity index (χ1v) is 9.22. The van der Waals surface area contributed by atoms with Crippen LogP contribution in [0.5, 0.6) is 0 Å². The summed E-state index contributed by atoms with van der Waals surface area (Å²) in [4.78, 5) is 23.6. The predicted molar refractivity (Wildman–Crippen MR) is 90.9 cm³/mol. The van der Waals surface area contributed by atoms with Crippen LogP contribution in [0.25, 0.3) is 0 Å². The van der Waals surface area contributed by atoms with Crippen molar-refractivity contribution in [2.24, 2.45) is 0 Å². The Morgan fingerprint density at radius 1 is 1.19 bits per heavy atom. The molecule has 0 unspecified atom stereocenters. The number of carbonyl (C=O) groups excluding carboxylic acids is 1. The molecule has 0 bridgehead atoms. The topological polar surface area (TPSA) is 111 Å². The molecule has 10 heteroatoms. The molecule has 0 aliphatic heterocycles. The SMILES string of the molecule is O=C(Cn1nc(S(=O)(=O)c2cccc(F)c2)ccc1=O)NCc1ccco1. The highest BCUT2D eigenvalue weighted by atomic mass is 32.2. The molecule has 0 fully saturated rings. The summed E-state index contributed by atoms with van der Waals surface area (Å²) in [5.74, 6) is -0.755. The van der Waals surface area contributed by atoms with Crippen LogP contribution in [-0.2, 0) is 27.7 Å². The minimum absolute atomic E-state index is 0.113. The maximum Gasteiger partial charge on any atom is 0.267 e. The van der Waals surface area contributed by atoms with E-state index in [1.807, 2.05) is 0 Å². The van der Waals surface area contributed by atoms with Gasteiger partial charge in [-0.2, -0.15) is 5.10 Å². The number of nitrogens with one attached hydrogen (secondary N) is 1. The molecule has 0 radical (unpaired) electrons. The molecule has 3 aromatic rings. The molecule has 1 aromatic carbocycles. The van der Waals surface area contributed by atoms with Crippen LogP contribution >= 0.6 is 0 Å². The number of rotatable bonds is 6. The Labute approximate surface area is 153 Å². The summed E-state index contributed by atoms with van der Waals surface area (Å²) < 4.78 is 44.2. The van der Waals surface area contributed by atoms with E-state index in [9.17, 15) is 22.4 Å². The molecule has 0 saturated carbocycles. The van der Waals surface area contributed by atoms with Gasteiger partial charge in [0.05, 0.1) is 17.7 Å². The van der Waals surface area contributed by atoms with Crippen LogP contribution in [0.1, 0.15) is 5.76 Å². The van der Waals surface area contributed by atoms with Gasteiger partial charge in [-0.05, 0) is 36.4 Å². The van der Waals surface area contributed by atoms with Crippen LogP contribution in [0.4, 0.5) is 4.39 Å². The maximum absolute atomic E-state index is 13.3. The van der Waals surface area contributed by atoms with Gasteiger partial charge < -0.3 is 9.73 Å². The fraction of sp³-hybridized carbons (Fsp3) is 0.118. The molecule has 27 heavy (non-hydrogen) atoms. The number of amides is 1. The second-order valence-electron chi connectivity index (χ2n) is 5.48. The molecule has 0 atom stereocenters. The van der Waals surface area contributed by atoms with Gasteiger partial charge in [-0.15, -0.1) is 0 Å². The van der Waals surface area contributed by atoms with E-state index in [0.717, 1.165) is 28.9 Å². The van der Waals surface area contributed by atoms with Crippen molar-refractivity contribution in [3.05, 3.63) is 76.7 Å². The number of nitrogens with zero attached hydrogens (tertiary/aromatic N) is 2. The number of carbonyl (C=O) groups is 1. The van der Waals surface area contributed by atoms with E-state index in [4.69, 9.17) is 4.42 Å². The molecule has 2 heterocycles. The number of aromatic nitrogens is 2. The van der Waals surface area contributed by atoms with Crippen molar-refractivity contribution in [3.8, 4) is 0 Å². The summed E-state index contributed by atoms with van der Waals surface area (Å²) in [5, 5.41) is 5.80. The van der Waals surface area contributed by atoms with E-state index in [1.165, 1.54) is 18.4 Å². The van der Waals surface area contributed by atoms with Gasteiger partial charge in [0.25, 0.3) is 5.56 Å². The average Bonchev–Trinajstić information content (AvgIpc) is 3.15. The standard InChI is InChI=1S/C17H14FN3O5S/c18-12-3-1-5-14(9-12)27(24,25)16-6-7-17(23)21(20-16)11-15(22)19-10-13-4-2-8-26-13/h1-9H,10-11H2,(H,19,22). The van der Waals surface area contributed by atoms with Crippen molar-refractivity contribution in [1.82, 2.24) is 15.1 Å². The van der Waals surface area contributed by atoms with Gasteiger partial charge in [0, 0.05) is 6.07 Å². The lowest BCUT2D eigenvalue weighted by molar-refractivity contribution is -0.122. The van der Waals surface area contributed by atoms with Crippen LogP contribution in [0.2, 0.25) is 0 Å². The highest BCUT2D eigenvalue weighted by Gasteiger charge is 2.21. The van der Waals surface area contributed by atoms with Crippen LogP contribution < -0.4 is 10.9 Å². The maximum atomic E-state index is 13.3. The summed E-state index contributed by atoms with van der Waals surface area (Å²) in [6.07, 6.45) is 1.45. The average molecular weight is 391 g/mol. The van der Waals surface area contributed by atoms with Crippen molar-refractivity contribution in [2.75, 3.05) is 0 Å². The predicted octanol–water partition coefficient (Wildman–Crippen LogP) is 1.12. The zero-order valence-electron chi connectivity index (χ0n) is 13.8. The van der Waals surface area contributed by atoms with Crippen LogP contribution in [0.3, 0.4) is 0 Å². The Morgan fingerprint density at radius 2 is 2.00 bits per heavy atom. The summed E-state index contributed by atoms with van der Waals surface area (Å²) in [6, 6.07) is 9.75. The van der Waals surface area contributed by atoms with Crippen molar-refractivity contribution >= 4 is 15.7 Å². The fourth-order valence-electron chi connectivity index (χ4n) is 2.23. The van der Waals surface area contributed by atoms with Gasteiger partial charge in [0.15, 0.2) is 5.03 Å². The second kappa shape index (κ2) is 7.54. The molecule has 0 saturated heterocycles. The van der Waals surface area contributed by atoms with Gasteiger partial charge in [-0.3, -0.25) is 9.59 Å². The first kappa shape index (κ1) is 18.5. The zero-order chi connectivity index (χ0) is 19.4. The molecule has 1 amide bonds. The molecule has 2 aromatic heterocycles. The van der Waals surface area contributed by atoms with E-state index in [0.29, 0.717) is 5.76 Å². The molecular formula is C17H14FN3O5S. The normalized spacial score (nSPS) is 11.3. The van der Waals surface area contributed by atoms with E-state index in [2.05, 4.69) is 10.4 Å². The zero-order valence-corrected chi connectivity index (χ0v) is 14.6. The smallest absolute Gasteiger partial charge is 0.267 e. The minimum atomic E-state index is -4.14. The monoisotopic (exact) mass is 391 g/mol. The molecule has 8 nitrogen and oxygen atoms in total. The summed E-state index contributed by atoms with van der Waals surface area (Å²) in [5.41, 5.74) is -0.652. The van der Waals surface area contributed by atoms with Crippen LogP contribution in [-0.4, -0.2) is 24.1 Å². The number of halogens is 1. The summed E-state index contributed by atoms with van der Waals surface area (Å²) in [7, 11) is -4.14.